The topological polar surface area (TPSA) is 62.5 Å². The molecule has 0 unspecified atom stereocenters. The quantitative estimate of drug-likeness (QED) is 0.411. The number of nitrogens with zero attached hydrogens (tertiary/aromatic N) is 1. The minimum Gasteiger partial charge on any atom is -0.411 e. The minimum atomic E-state index is -2.06. The van der Waals surface area contributed by atoms with Crippen LogP contribution < -0.4 is 0 Å². The molecule has 1 aromatic rings. The lowest BCUT2D eigenvalue weighted by molar-refractivity contribution is -0.155. The van der Waals surface area contributed by atoms with E-state index < -0.39 is 25.9 Å². The van der Waals surface area contributed by atoms with E-state index in [-0.39, 0.29) is 17.1 Å². The van der Waals surface area contributed by atoms with Crippen LogP contribution in [0.5, 0.6) is 0 Å². The number of hydrogen-bond donors (Lipinski definition) is 1. The van der Waals surface area contributed by atoms with Crippen LogP contribution >= 0.6 is 0 Å². The van der Waals surface area contributed by atoms with Crippen LogP contribution in [0.2, 0.25) is 18.1 Å². The van der Waals surface area contributed by atoms with Crippen molar-refractivity contribution in [1.82, 2.24) is 0 Å². The Morgan fingerprint density at radius 1 is 1.29 bits per heavy atom. The number of rotatable bonds is 6. The highest BCUT2D eigenvalue weighted by Gasteiger charge is 2.54. The molecule has 1 saturated carbocycles. The van der Waals surface area contributed by atoms with Gasteiger partial charge in [0.1, 0.15) is 0 Å². The van der Waals surface area contributed by atoms with Crippen molar-refractivity contribution < 1.29 is 14.3 Å². The summed E-state index contributed by atoms with van der Waals surface area (Å²) >= 11 is 0. The highest BCUT2D eigenvalue weighted by Crippen LogP contribution is 2.45. The maximum absolute atomic E-state index is 11.0. The largest absolute Gasteiger partial charge is 0.411 e. The van der Waals surface area contributed by atoms with Crippen LogP contribution in [-0.2, 0) is 15.8 Å². The smallest absolute Gasteiger partial charge is 0.192 e. The first kappa shape index (κ1) is 22.8. The summed E-state index contributed by atoms with van der Waals surface area (Å²) in [5.41, 5.74) is -0.439. The second-order valence-corrected chi connectivity index (χ2v) is 14.3. The summed E-state index contributed by atoms with van der Waals surface area (Å²) in [7, 11) is -2.06. The monoisotopic (exact) mass is 401 g/mol. The second kappa shape index (κ2) is 8.50. The van der Waals surface area contributed by atoms with Gasteiger partial charge in [-0.25, -0.2) is 0 Å². The Hall–Kier alpha value is -1.45. The van der Waals surface area contributed by atoms with Crippen molar-refractivity contribution >= 4 is 8.32 Å². The first-order valence-electron chi connectivity index (χ1n) is 10.0. The van der Waals surface area contributed by atoms with Crippen LogP contribution in [0.3, 0.4) is 0 Å². The van der Waals surface area contributed by atoms with Crippen molar-refractivity contribution in [3.63, 3.8) is 0 Å². The maximum atomic E-state index is 11.0. The van der Waals surface area contributed by atoms with Gasteiger partial charge in [0.05, 0.1) is 24.9 Å². The van der Waals surface area contributed by atoms with Gasteiger partial charge in [-0.1, -0.05) is 64.1 Å². The van der Waals surface area contributed by atoms with E-state index >= 15 is 0 Å². The minimum absolute atomic E-state index is 0.00394. The first-order chi connectivity index (χ1) is 12.9. The Balaban J connectivity index is 2.36. The highest BCUT2D eigenvalue weighted by molar-refractivity contribution is 6.74. The third kappa shape index (κ3) is 4.75. The number of hydrogen-bond acceptors (Lipinski definition) is 4. The van der Waals surface area contributed by atoms with Crippen LogP contribution in [0, 0.1) is 23.2 Å². The summed E-state index contributed by atoms with van der Waals surface area (Å²) < 4.78 is 13.1. The molecule has 0 spiro atoms. The number of benzene rings is 1. The van der Waals surface area contributed by atoms with Crippen LogP contribution in [0.4, 0.5) is 0 Å². The molecule has 0 heterocycles. The van der Waals surface area contributed by atoms with Gasteiger partial charge in [0.2, 0.25) is 0 Å². The average Bonchev–Trinajstić information content (AvgIpc) is 2.62. The van der Waals surface area contributed by atoms with Gasteiger partial charge in [-0.05, 0) is 36.0 Å². The lowest BCUT2D eigenvalue weighted by atomic mass is 9.68. The molecule has 1 aliphatic rings. The third-order valence-electron chi connectivity index (χ3n) is 6.39. The Labute approximate surface area is 171 Å². The van der Waals surface area contributed by atoms with E-state index in [1.54, 1.807) is 6.08 Å². The summed E-state index contributed by atoms with van der Waals surface area (Å²) in [6, 6.07) is 12.1. The Morgan fingerprint density at radius 2 is 1.89 bits per heavy atom. The third-order valence-corrected chi connectivity index (χ3v) is 10.9. The van der Waals surface area contributed by atoms with Gasteiger partial charge >= 0.3 is 0 Å². The van der Waals surface area contributed by atoms with Gasteiger partial charge in [0.25, 0.3) is 0 Å². The van der Waals surface area contributed by atoms with Gasteiger partial charge in [0.15, 0.2) is 13.9 Å². The molecular weight excluding hydrogens is 366 g/mol. The summed E-state index contributed by atoms with van der Waals surface area (Å²) in [4.78, 5) is 0. The fourth-order valence-corrected chi connectivity index (χ4v) is 5.06. The van der Waals surface area contributed by atoms with E-state index in [0.29, 0.717) is 13.0 Å². The summed E-state index contributed by atoms with van der Waals surface area (Å²) in [6.07, 6.45) is 1.39. The van der Waals surface area contributed by atoms with Crippen molar-refractivity contribution in [3.05, 3.63) is 48.6 Å². The van der Waals surface area contributed by atoms with E-state index in [0.717, 1.165) is 5.56 Å². The first-order valence-corrected chi connectivity index (χ1v) is 13.0. The van der Waals surface area contributed by atoms with E-state index in [4.69, 9.17) is 9.16 Å². The second-order valence-electron chi connectivity index (χ2n) is 9.58. The summed E-state index contributed by atoms with van der Waals surface area (Å²) in [6.45, 7) is 17.4. The van der Waals surface area contributed by atoms with Crippen LogP contribution in [0.1, 0.15) is 39.7 Å². The lowest BCUT2D eigenvalue weighted by Gasteiger charge is -2.50. The van der Waals surface area contributed by atoms with Crippen molar-refractivity contribution in [2.24, 2.45) is 11.8 Å². The van der Waals surface area contributed by atoms with Gasteiger partial charge in [0, 0.05) is 5.92 Å². The Bertz CT molecular complexity index is 707. The zero-order valence-electron chi connectivity index (χ0n) is 18.1. The molecule has 0 radical (unpaired) electrons. The molecule has 0 amide bonds. The van der Waals surface area contributed by atoms with Crippen LogP contribution in [-0.4, -0.2) is 31.2 Å². The number of ether oxygens (including phenoxy) is 1. The molecule has 1 aromatic carbocycles. The highest BCUT2D eigenvalue weighted by atomic mass is 28.4. The summed E-state index contributed by atoms with van der Waals surface area (Å²) in [5, 5.41) is 20.7. The number of aliphatic hydroxyl groups is 1. The fraction of sp³-hybridized carbons (Fsp3) is 0.609. The lowest BCUT2D eigenvalue weighted by Crippen LogP contribution is -2.60. The molecule has 0 aromatic heterocycles. The van der Waals surface area contributed by atoms with E-state index in [1.807, 2.05) is 37.3 Å². The predicted octanol–water partition coefficient (Wildman–Crippen LogP) is 5.06. The number of nitriles is 1. The molecule has 1 aliphatic carbocycles. The molecule has 5 atom stereocenters. The average molecular weight is 402 g/mol. The van der Waals surface area contributed by atoms with E-state index in [2.05, 4.69) is 46.5 Å². The van der Waals surface area contributed by atoms with Gasteiger partial charge in [-0.15, -0.1) is 6.58 Å². The molecule has 0 aliphatic heterocycles. The zero-order chi connectivity index (χ0) is 21.2. The maximum Gasteiger partial charge on any atom is 0.192 e. The molecule has 2 rings (SSSR count). The fourth-order valence-electron chi connectivity index (χ4n) is 3.66. The molecule has 1 N–H and O–H groups in total. The molecule has 0 bridgehead atoms. The van der Waals surface area contributed by atoms with Gasteiger partial charge in [-0.3, -0.25) is 0 Å². The SMILES string of the molecule is C=C[C@H]1[C@@H](OCc2ccccc2)[C@H](O[Si](C)(C)C(C)(C)C)[C@H](C)C[C@]1(O)C#N. The standard InChI is InChI=1S/C23H35NO3Si/c1-8-19-21(26-15-18-12-10-9-11-13-18)20(17(2)14-23(19,25)16-24)27-28(6,7)22(3,4)5/h8-13,17,19-21,25H,1,14-15H2,2-7H3/t17-,19+,20-,21-,23+/m1/s1. The zero-order valence-corrected chi connectivity index (χ0v) is 19.1. The van der Waals surface area contributed by atoms with Crippen molar-refractivity contribution in [3.8, 4) is 6.07 Å². The van der Waals surface area contributed by atoms with Gasteiger partial charge in [-0.2, -0.15) is 5.26 Å². The van der Waals surface area contributed by atoms with E-state index in [9.17, 15) is 10.4 Å². The van der Waals surface area contributed by atoms with Crippen molar-refractivity contribution in [2.45, 2.75) is 76.7 Å². The van der Waals surface area contributed by atoms with Crippen molar-refractivity contribution in [2.75, 3.05) is 0 Å². The molecule has 4 nitrogen and oxygen atoms in total. The predicted molar refractivity (Wildman–Crippen MR) is 115 cm³/mol. The molecule has 5 heteroatoms. The summed E-state index contributed by atoms with van der Waals surface area (Å²) in [5.74, 6) is -0.511. The molecule has 0 saturated heterocycles. The Kier molecular flexibility index (Phi) is 6.93. The molecule has 154 valence electrons. The molecular formula is C23H35NO3Si. The Morgan fingerprint density at radius 3 is 2.39 bits per heavy atom. The van der Waals surface area contributed by atoms with Gasteiger partial charge < -0.3 is 14.3 Å². The van der Waals surface area contributed by atoms with Crippen LogP contribution in [0.25, 0.3) is 0 Å². The normalized spacial score (nSPS) is 31.2. The van der Waals surface area contributed by atoms with E-state index in [1.165, 1.54) is 0 Å². The van der Waals surface area contributed by atoms with Crippen LogP contribution in [0.15, 0.2) is 43.0 Å². The van der Waals surface area contributed by atoms with Crippen molar-refractivity contribution in [1.29, 1.82) is 5.26 Å². The molecule has 28 heavy (non-hydrogen) atoms. The molecule has 1 fully saturated rings.